The van der Waals surface area contributed by atoms with Gasteiger partial charge < -0.3 is 20.6 Å². The summed E-state index contributed by atoms with van der Waals surface area (Å²) in [6, 6.07) is 9.24. The normalized spacial score (nSPS) is 15.2. The molecule has 0 radical (unpaired) electrons. The number of nitrogens with zero attached hydrogens (tertiary/aromatic N) is 2. The van der Waals surface area contributed by atoms with Gasteiger partial charge in [-0.25, -0.2) is 19.0 Å². The number of carbonyl (C=O) groups excluding carboxylic acids is 2. The van der Waals surface area contributed by atoms with E-state index in [1.807, 2.05) is 0 Å². The first-order chi connectivity index (χ1) is 18.4. The topological polar surface area (TPSA) is 112 Å². The summed E-state index contributed by atoms with van der Waals surface area (Å²) in [6.45, 7) is 1.78. The van der Waals surface area contributed by atoms with Gasteiger partial charge in [0.15, 0.2) is 0 Å². The molecule has 2 heterocycles. The van der Waals surface area contributed by atoms with Gasteiger partial charge >= 0.3 is 18.2 Å². The molecule has 0 saturated carbocycles. The van der Waals surface area contributed by atoms with Crippen LogP contribution in [-0.4, -0.2) is 45.5 Å². The van der Waals surface area contributed by atoms with Crippen molar-refractivity contribution in [2.75, 3.05) is 11.9 Å². The average Bonchev–Trinajstić information content (AvgIpc) is 3.37. The Morgan fingerprint density at radius 1 is 1.08 bits per heavy atom. The van der Waals surface area contributed by atoms with Crippen molar-refractivity contribution < 1.29 is 37.1 Å². The molecule has 1 aliphatic heterocycles. The van der Waals surface area contributed by atoms with Gasteiger partial charge in [-0.15, -0.1) is 0 Å². The zero-order chi connectivity index (χ0) is 28.3. The molecule has 12 heteroatoms. The van der Waals surface area contributed by atoms with Crippen LogP contribution >= 0.6 is 0 Å². The van der Waals surface area contributed by atoms with E-state index in [0.717, 1.165) is 17.2 Å². The predicted octanol–water partition coefficient (Wildman–Crippen LogP) is 5.23. The van der Waals surface area contributed by atoms with Crippen LogP contribution in [0, 0.1) is 12.7 Å². The molecule has 1 aromatic heterocycles. The van der Waals surface area contributed by atoms with Crippen LogP contribution < -0.4 is 10.6 Å². The third-order valence-corrected chi connectivity index (χ3v) is 6.40. The number of amides is 3. The van der Waals surface area contributed by atoms with Crippen molar-refractivity contribution in [2.24, 2.45) is 0 Å². The van der Waals surface area contributed by atoms with Crippen molar-refractivity contribution in [3.05, 3.63) is 82.8 Å². The number of carboxylic acids is 1. The van der Waals surface area contributed by atoms with Crippen molar-refractivity contribution in [3.8, 4) is 11.1 Å². The number of urea groups is 1. The van der Waals surface area contributed by atoms with Gasteiger partial charge in [0.25, 0.3) is 0 Å². The molecule has 1 atom stereocenters. The van der Waals surface area contributed by atoms with E-state index in [-0.39, 0.29) is 23.5 Å². The van der Waals surface area contributed by atoms with Gasteiger partial charge in [-0.05, 0) is 66.8 Å². The highest BCUT2D eigenvalue weighted by molar-refractivity contribution is 5.97. The van der Waals surface area contributed by atoms with Crippen LogP contribution in [0.5, 0.6) is 0 Å². The molecule has 0 bridgehead atoms. The molecule has 204 valence electrons. The monoisotopic (exact) mass is 544 g/mol. The molecule has 0 spiro atoms. The van der Waals surface area contributed by atoms with Crippen LogP contribution in [-0.2, 0) is 17.5 Å². The minimum absolute atomic E-state index is 0.145. The number of alkyl halides is 3. The second-order valence-electron chi connectivity index (χ2n) is 9.08. The number of aryl methyl sites for hydroxylation is 1. The van der Waals surface area contributed by atoms with Crippen LogP contribution in [0.15, 0.2) is 54.7 Å². The Balaban J connectivity index is 1.36. The fourth-order valence-corrected chi connectivity index (χ4v) is 4.39. The van der Waals surface area contributed by atoms with Crippen molar-refractivity contribution >= 4 is 23.7 Å². The van der Waals surface area contributed by atoms with E-state index in [4.69, 9.17) is 0 Å². The van der Waals surface area contributed by atoms with Gasteiger partial charge in [0, 0.05) is 24.8 Å². The summed E-state index contributed by atoms with van der Waals surface area (Å²) in [6.07, 6.45) is -2.31. The lowest BCUT2D eigenvalue weighted by atomic mass is 10.0. The van der Waals surface area contributed by atoms with E-state index < -0.39 is 41.5 Å². The summed E-state index contributed by atoms with van der Waals surface area (Å²) in [5.74, 6) is -2.64. The number of nitrogens with one attached hydrogen (secondary N) is 2. The fourth-order valence-electron chi connectivity index (χ4n) is 4.39. The number of hydrogen-bond acceptors (Lipinski definition) is 4. The number of carboxylic acid groups (broad SMARTS) is 1. The quantitative estimate of drug-likeness (QED) is 0.368. The number of rotatable bonds is 6. The lowest BCUT2D eigenvalue weighted by molar-refractivity contribution is -0.140. The molecule has 1 saturated heterocycles. The van der Waals surface area contributed by atoms with Crippen LogP contribution in [0.3, 0.4) is 0 Å². The lowest BCUT2D eigenvalue weighted by Crippen LogP contribution is -2.47. The zero-order valence-corrected chi connectivity index (χ0v) is 20.7. The molecular weight excluding hydrogens is 520 g/mol. The molecule has 0 aliphatic carbocycles. The maximum atomic E-state index is 13.8. The molecule has 8 nitrogen and oxygen atoms in total. The van der Waals surface area contributed by atoms with E-state index in [1.54, 1.807) is 31.2 Å². The molecule has 3 N–H and O–H groups in total. The van der Waals surface area contributed by atoms with Crippen LogP contribution in [0.2, 0.25) is 0 Å². The van der Waals surface area contributed by atoms with E-state index in [1.165, 1.54) is 17.2 Å². The fraction of sp³-hybridized carbons (Fsp3) is 0.259. The summed E-state index contributed by atoms with van der Waals surface area (Å²) in [7, 11) is 0. The first kappa shape index (κ1) is 27.6. The van der Waals surface area contributed by atoms with E-state index in [0.29, 0.717) is 37.1 Å². The van der Waals surface area contributed by atoms with Gasteiger partial charge in [0.05, 0.1) is 11.1 Å². The van der Waals surface area contributed by atoms with Crippen molar-refractivity contribution in [2.45, 2.75) is 38.5 Å². The van der Waals surface area contributed by atoms with Gasteiger partial charge in [-0.2, -0.15) is 13.2 Å². The third kappa shape index (κ3) is 6.33. The molecule has 3 amide bonds. The number of carbonyl (C=O) groups is 3. The number of aromatic carboxylic acids is 1. The van der Waals surface area contributed by atoms with Crippen LogP contribution in [0.4, 0.5) is 28.2 Å². The Morgan fingerprint density at radius 2 is 1.82 bits per heavy atom. The van der Waals surface area contributed by atoms with Crippen LogP contribution in [0.25, 0.3) is 11.1 Å². The Kier molecular flexibility index (Phi) is 7.84. The first-order valence-corrected chi connectivity index (χ1v) is 12.0. The number of likely N-dealkylation sites (tertiary alicyclic amines) is 1. The molecule has 0 unspecified atom stereocenters. The molecule has 1 fully saturated rings. The van der Waals surface area contributed by atoms with Gasteiger partial charge in [0.2, 0.25) is 5.91 Å². The van der Waals surface area contributed by atoms with E-state index in [9.17, 15) is 37.1 Å². The first-order valence-electron chi connectivity index (χ1n) is 12.0. The zero-order valence-electron chi connectivity index (χ0n) is 20.7. The minimum atomic E-state index is -4.82. The number of benzene rings is 2. The van der Waals surface area contributed by atoms with Gasteiger partial charge in [0.1, 0.15) is 17.7 Å². The van der Waals surface area contributed by atoms with E-state index >= 15 is 0 Å². The third-order valence-electron chi connectivity index (χ3n) is 6.40. The summed E-state index contributed by atoms with van der Waals surface area (Å²) >= 11 is 0. The minimum Gasteiger partial charge on any atom is -0.478 e. The molecule has 4 rings (SSSR count). The highest BCUT2D eigenvalue weighted by Crippen LogP contribution is 2.31. The average molecular weight is 545 g/mol. The Labute approximate surface area is 220 Å². The number of anilines is 1. The predicted molar refractivity (Wildman–Crippen MR) is 133 cm³/mol. The maximum absolute atomic E-state index is 13.8. The molecule has 2 aromatic carbocycles. The van der Waals surface area contributed by atoms with Crippen molar-refractivity contribution in [1.82, 2.24) is 15.2 Å². The molecule has 39 heavy (non-hydrogen) atoms. The highest BCUT2D eigenvalue weighted by atomic mass is 19.4. The maximum Gasteiger partial charge on any atom is 0.419 e. The smallest absolute Gasteiger partial charge is 0.419 e. The lowest BCUT2D eigenvalue weighted by Gasteiger charge is -2.24. The number of aromatic nitrogens is 1. The largest absolute Gasteiger partial charge is 0.478 e. The second-order valence-corrected chi connectivity index (χ2v) is 9.08. The summed E-state index contributed by atoms with van der Waals surface area (Å²) in [4.78, 5) is 42.4. The Hall–Kier alpha value is -4.48. The molecular formula is C27H24F4N4O4. The Bertz CT molecular complexity index is 1410. The SMILES string of the molecule is Cc1cc(-c2ccc(NC(=O)[C@H]3CCCN3C(=O)NCc3ccc(C(F)(F)F)c(F)c3)nc2)ccc1C(=O)O. The summed E-state index contributed by atoms with van der Waals surface area (Å²) in [5, 5.41) is 14.4. The number of hydrogen-bond donors (Lipinski definition) is 3. The number of halogens is 4. The summed E-state index contributed by atoms with van der Waals surface area (Å²) in [5.41, 5.74) is 1.03. The van der Waals surface area contributed by atoms with Crippen molar-refractivity contribution in [1.29, 1.82) is 0 Å². The summed E-state index contributed by atoms with van der Waals surface area (Å²) < 4.78 is 52.0. The standard InChI is InChI=1S/C27H24F4N4O4/c1-15-11-17(5-7-19(15)25(37)38)18-6-9-23(32-14-18)34-24(36)22-3-2-10-35(22)26(39)33-13-16-4-8-20(21(28)12-16)27(29,30)31/h4-9,11-12,14,22H,2-3,10,13H2,1H3,(H,33,39)(H,37,38)(H,32,34,36)/t22-/m1/s1. The van der Waals surface area contributed by atoms with E-state index in [2.05, 4.69) is 15.6 Å². The van der Waals surface area contributed by atoms with Crippen molar-refractivity contribution in [3.63, 3.8) is 0 Å². The number of pyridine rings is 1. The molecule has 3 aromatic rings. The van der Waals surface area contributed by atoms with Gasteiger partial charge in [-0.3, -0.25) is 4.79 Å². The highest BCUT2D eigenvalue weighted by Gasteiger charge is 2.35. The van der Waals surface area contributed by atoms with Gasteiger partial charge in [-0.1, -0.05) is 18.2 Å². The Morgan fingerprint density at radius 3 is 2.44 bits per heavy atom. The van der Waals surface area contributed by atoms with Crippen LogP contribution in [0.1, 0.15) is 39.9 Å². The second kappa shape index (κ2) is 11.1. The molecule has 1 aliphatic rings.